The molecule has 2 heterocycles. The Hall–Kier alpha value is -1.87. The van der Waals surface area contributed by atoms with E-state index < -0.39 is 0 Å². The maximum absolute atomic E-state index is 6.04. The molecule has 0 bridgehead atoms. The third-order valence-corrected chi connectivity index (χ3v) is 3.29. The van der Waals surface area contributed by atoms with E-state index in [-0.39, 0.29) is 0 Å². The highest BCUT2D eigenvalue weighted by Gasteiger charge is 2.12. The standard InChI is InChI=1S/C15H14ClN3/c1-2-9-19-14-7-6-11(16)10-13(14)18-15(19)12-5-3-4-8-17-12/h3-8,10H,2,9H2,1H3. The number of hydrogen-bond donors (Lipinski definition) is 0. The van der Waals surface area contributed by atoms with Crippen molar-refractivity contribution in [2.75, 3.05) is 0 Å². The summed E-state index contributed by atoms with van der Waals surface area (Å²) in [6, 6.07) is 11.7. The molecule has 0 N–H and O–H groups in total. The summed E-state index contributed by atoms with van der Waals surface area (Å²) in [5.41, 5.74) is 2.91. The molecule has 0 spiro atoms. The molecule has 0 fully saturated rings. The summed E-state index contributed by atoms with van der Waals surface area (Å²) >= 11 is 6.04. The average molecular weight is 272 g/mol. The largest absolute Gasteiger partial charge is 0.323 e. The Morgan fingerprint density at radius 3 is 2.84 bits per heavy atom. The number of aryl methyl sites for hydroxylation is 1. The summed E-state index contributed by atoms with van der Waals surface area (Å²) in [6.07, 6.45) is 2.84. The Labute approximate surface area is 116 Å². The molecule has 3 aromatic rings. The smallest absolute Gasteiger partial charge is 0.159 e. The Bertz CT molecular complexity index is 704. The molecule has 0 aliphatic rings. The van der Waals surface area contributed by atoms with Gasteiger partial charge >= 0.3 is 0 Å². The number of benzene rings is 1. The lowest BCUT2D eigenvalue weighted by atomic mass is 10.3. The van der Waals surface area contributed by atoms with Crippen LogP contribution in [-0.2, 0) is 6.54 Å². The molecule has 1 aromatic carbocycles. The quantitative estimate of drug-likeness (QED) is 0.716. The molecule has 0 radical (unpaired) electrons. The molecular formula is C15H14ClN3. The van der Waals surface area contributed by atoms with Gasteiger partial charge in [-0.2, -0.15) is 0 Å². The highest BCUT2D eigenvalue weighted by molar-refractivity contribution is 6.31. The first-order valence-corrected chi connectivity index (χ1v) is 6.74. The van der Waals surface area contributed by atoms with Crippen LogP contribution in [0.25, 0.3) is 22.6 Å². The van der Waals surface area contributed by atoms with Gasteiger partial charge in [-0.15, -0.1) is 0 Å². The first kappa shape index (κ1) is 12.2. The van der Waals surface area contributed by atoms with E-state index in [1.54, 1.807) is 6.20 Å². The van der Waals surface area contributed by atoms with Gasteiger partial charge in [-0.25, -0.2) is 4.98 Å². The third-order valence-electron chi connectivity index (χ3n) is 3.05. The van der Waals surface area contributed by atoms with Crippen LogP contribution in [0.4, 0.5) is 0 Å². The summed E-state index contributed by atoms with van der Waals surface area (Å²) in [5, 5.41) is 0.709. The van der Waals surface area contributed by atoms with Crippen LogP contribution in [0, 0.1) is 0 Å². The molecule has 0 aliphatic carbocycles. The van der Waals surface area contributed by atoms with Gasteiger partial charge in [0.25, 0.3) is 0 Å². The second-order valence-electron chi connectivity index (χ2n) is 4.44. The van der Waals surface area contributed by atoms with Crippen molar-refractivity contribution in [2.45, 2.75) is 19.9 Å². The minimum atomic E-state index is 0.709. The van der Waals surface area contributed by atoms with E-state index in [4.69, 9.17) is 11.6 Å². The Morgan fingerprint density at radius 1 is 1.21 bits per heavy atom. The van der Waals surface area contributed by atoms with Crippen molar-refractivity contribution < 1.29 is 0 Å². The number of rotatable bonds is 3. The Morgan fingerprint density at radius 2 is 2.11 bits per heavy atom. The Balaban J connectivity index is 2.26. The van der Waals surface area contributed by atoms with Gasteiger partial charge in [-0.05, 0) is 36.8 Å². The summed E-state index contributed by atoms with van der Waals surface area (Å²) in [6.45, 7) is 3.08. The zero-order valence-corrected chi connectivity index (χ0v) is 11.4. The third kappa shape index (κ3) is 2.22. The fourth-order valence-corrected chi connectivity index (χ4v) is 2.41. The molecule has 96 valence electrons. The van der Waals surface area contributed by atoms with Crippen LogP contribution >= 0.6 is 11.6 Å². The summed E-state index contributed by atoms with van der Waals surface area (Å²) in [5.74, 6) is 0.903. The normalized spacial score (nSPS) is 11.1. The molecule has 0 amide bonds. The van der Waals surface area contributed by atoms with Gasteiger partial charge < -0.3 is 4.57 Å². The van der Waals surface area contributed by atoms with Gasteiger partial charge in [-0.3, -0.25) is 4.98 Å². The zero-order chi connectivity index (χ0) is 13.2. The number of aromatic nitrogens is 3. The van der Waals surface area contributed by atoms with Crippen LogP contribution in [0.2, 0.25) is 5.02 Å². The first-order valence-electron chi connectivity index (χ1n) is 6.37. The number of fused-ring (bicyclic) bond motifs is 1. The van der Waals surface area contributed by atoms with Gasteiger partial charge in [-0.1, -0.05) is 24.6 Å². The number of pyridine rings is 1. The molecule has 19 heavy (non-hydrogen) atoms. The summed E-state index contributed by atoms with van der Waals surface area (Å²) < 4.78 is 2.20. The van der Waals surface area contributed by atoms with E-state index in [1.807, 2.05) is 36.4 Å². The van der Waals surface area contributed by atoms with Crippen molar-refractivity contribution in [2.24, 2.45) is 0 Å². The monoisotopic (exact) mass is 271 g/mol. The van der Waals surface area contributed by atoms with Crippen molar-refractivity contribution in [3.05, 3.63) is 47.6 Å². The molecule has 0 unspecified atom stereocenters. The van der Waals surface area contributed by atoms with Gasteiger partial charge in [0.2, 0.25) is 0 Å². The molecular weight excluding hydrogens is 258 g/mol. The van der Waals surface area contributed by atoms with E-state index in [1.165, 1.54) is 0 Å². The maximum Gasteiger partial charge on any atom is 0.159 e. The molecule has 2 aromatic heterocycles. The molecule has 3 nitrogen and oxygen atoms in total. The van der Waals surface area contributed by atoms with Crippen LogP contribution in [-0.4, -0.2) is 14.5 Å². The Kier molecular flexibility index (Phi) is 3.22. The van der Waals surface area contributed by atoms with Crippen LogP contribution in [0.5, 0.6) is 0 Å². The van der Waals surface area contributed by atoms with Crippen molar-refractivity contribution >= 4 is 22.6 Å². The van der Waals surface area contributed by atoms with E-state index in [2.05, 4.69) is 21.5 Å². The fourth-order valence-electron chi connectivity index (χ4n) is 2.24. The van der Waals surface area contributed by atoms with Gasteiger partial charge in [0.05, 0.1) is 11.0 Å². The number of nitrogens with zero attached hydrogens (tertiary/aromatic N) is 3. The van der Waals surface area contributed by atoms with Crippen LogP contribution < -0.4 is 0 Å². The first-order chi connectivity index (χ1) is 9.29. The van der Waals surface area contributed by atoms with E-state index in [0.29, 0.717) is 5.02 Å². The summed E-state index contributed by atoms with van der Waals surface area (Å²) in [7, 11) is 0. The van der Waals surface area contributed by atoms with E-state index in [0.717, 1.165) is 35.5 Å². The molecule has 0 saturated heterocycles. The van der Waals surface area contributed by atoms with E-state index >= 15 is 0 Å². The maximum atomic E-state index is 6.04. The van der Waals surface area contributed by atoms with Crippen LogP contribution in [0.15, 0.2) is 42.6 Å². The van der Waals surface area contributed by atoms with E-state index in [9.17, 15) is 0 Å². The molecule has 0 atom stereocenters. The number of halogens is 1. The second-order valence-corrected chi connectivity index (χ2v) is 4.87. The van der Waals surface area contributed by atoms with Crippen LogP contribution in [0.1, 0.15) is 13.3 Å². The van der Waals surface area contributed by atoms with Crippen molar-refractivity contribution in [3.8, 4) is 11.5 Å². The SMILES string of the molecule is CCCn1c(-c2ccccn2)nc2cc(Cl)ccc21. The minimum Gasteiger partial charge on any atom is -0.323 e. The molecule has 0 aliphatic heterocycles. The summed E-state index contributed by atoms with van der Waals surface area (Å²) in [4.78, 5) is 9.07. The lowest BCUT2D eigenvalue weighted by Crippen LogP contribution is -2.00. The van der Waals surface area contributed by atoms with Gasteiger partial charge in [0.1, 0.15) is 5.69 Å². The number of imidazole rings is 1. The molecule has 3 rings (SSSR count). The van der Waals surface area contributed by atoms with Gasteiger partial charge in [0, 0.05) is 17.8 Å². The van der Waals surface area contributed by atoms with Crippen molar-refractivity contribution in [1.82, 2.24) is 14.5 Å². The lowest BCUT2D eigenvalue weighted by molar-refractivity contribution is 0.702. The van der Waals surface area contributed by atoms with Crippen LogP contribution in [0.3, 0.4) is 0 Å². The highest BCUT2D eigenvalue weighted by atomic mass is 35.5. The molecule has 0 saturated carbocycles. The average Bonchev–Trinajstić information content (AvgIpc) is 2.78. The topological polar surface area (TPSA) is 30.7 Å². The van der Waals surface area contributed by atoms with Crippen molar-refractivity contribution in [3.63, 3.8) is 0 Å². The lowest BCUT2D eigenvalue weighted by Gasteiger charge is -2.06. The fraction of sp³-hybridized carbons (Fsp3) is 0.200. The zero-order valence-electron chi connectivity index (χ0n) is 10.7. The predicted molar refractivity (Wildman–Crippen MR) is 78.3 cm³/mol. The van der Waals surface area contributed by atoms with Crippen molar-refractivity contribution in [1.29, 1.82) is 0 Å². The van der Waals surface area contributed by atoms with Gasteiger partial charge in [0.15, 0.2) is 5.82 Å². The second kappa shape index (κ2) is 5.02. The number of hydrogen-bond acceptors (Lipinski definition) is 2. The highest BCUT2D eigenvalue weighted by Crippen LogP contribution is 2.25. The predicted octanol–water partition coefficient (Wildman–Crippen LogP) is 4.16. The molecule has 4 heteroatoms. The minimum absolute atomic E-state index is 0.709.